The molecule has 0 fully saturated rings. The van der Waals surface area contributed by atoms with E-state index in [9.17, 15) is 9.59 Å². The predicted molar refractivity (Wildman–Crippen MR) is 90.6 cm³/mol. The SMILES string of the molecule is CC(C)(C)OC(=O)N(C(=O)Nc1ccccc1)c1ccccc1. The van der Waals surface area contributed by atoms with Gasteiger partial charge in [0, 0.05) is 5.69 Å². The Bertz CT molecular complexity index is 664. The van der Waals surface area contributed by atoms with E-state index >= 15 is 0 Å². The molecule has 0 aliphatic rings. The maximum atomic E-state index is 12.6. The normalized spacial score (nSPS) is 10.7. The molecule has 0 aromatic heterocycles. The van der Waals surface area contributed by atoms with Crippen LogP contribution in [0.25, 0.3) is 0 Å². The molecule has 0 unspecified atom stereocenters. The second kappa shape index (κ2) is 6.96. The number of amides is 3. The molecule has 0 saturated carbocycles. The van der Waals surface area contributed by atoms with Crippen molar-refractivity contribution in [3.05, 3.63) is 60.7 Å². The lowest BCUT2D eigenvalue weighted by Crippen LogP contribution is -2.43. The van der Waals surface area contributed by atoms with Gasteiger partial charge < -0.3 is 10.1 Å². The van der Waals surface area contributed by atoms with Gasteiger partial charge in [-0.15, -0.1) is 0 Å². The quantitative estimate of drug-likeness (QED) is 0.877. The number of benzene rings is 2. The van der Waals surface area contributed by atoms with Crippen molar-refractivity contribution in [1.29, 1.82) is 0 Å². The molecule has 0 atom stereocenters. The van der Waals surface area contributed by atoms with Crippen LogP contribution in [-0.2, 0) is 4.74 Å². The average molecular weight is 312 g/mol. The molecule has 0 radical (unpaired) electrons. The highest BCUT2D eigenvalue weighted by Gasteiger charge is 2.28. The largest absolute Gasteiger partial charge is 0.443 e. The highest BCUT2D eigenvalue weighted by Crippen LogP contribution is 2.19. The molecule has 120 valence electrons. The Morgan fingerprint density at radius 3 is 1.96 bits per heavy atom. The van der Waals surface area contributed by atoms with E-state index in [1.165, 1.54) is 0 Å². The van der Waals surface area contributed by atoms with E-state index in [0.29, 0.717) is 11.4 Å². The summed E-state index contributed by atoms with van der Waals surface area (Å²) in [5.41, 5.74) is 0.342. The highest BCUT2D eigenvalue weighted by molar-refractivity contribution is 6.16. The molecule has 1 N–H and O–H groups in total. The number of anilines is 2. The van der Waals surface area contributed by atoms with Crippen LogP contribution in [0.4, 0.5) is 21.0 Å². The molecule has 3 amide bonds. The maximum Gasteiger partial charge on any atom is 0.423 e. The molecular weight excluding hydrogens is 292 g/mol. The van der Waals surface area contributed by atoms with E-state index < -0.39 is 17.7 Å². The van der Waals surface area contributed by atoms with Crippen molar-refractivity contribution in [2.45, 2.75) is 26.4 Å². The molecule has 0 saturated heterocycles. The monoisotopic (exact) mass is 312 g/mol. The molecule has 0 bridgehead atoms. The summed E-state index contributed by atoms with van der Waals surface area (Å²) in [7, 11) is 0. The number of carbonyl (C=O) groups is 2. The van der Waals surface area contributed by atoms with Crippen LogP contribution in [0.1, 0.15) is 20.8 Å². The van der Waals surface area contributed by atoms with Gasteiger partial charge in [-0.3, -0.25) is 0 Å². The number of ether oxygens (including phenoxy) is 1. The van der Waals surface area contributed by atoms with Crippen LogP contribution in [0.3, 0.4) is 0 Å². The minimum absolute atomic E-state index is 0.440. The first kappa shape index (κ1) is 16.5. The number of hydrogen-bond acceptors (Lipinski definition) is 3. The lowest BCUT2D eigenvalue weighted by molar-refractivity contribution is 0.0596. The average Bonchev–Trinajstić information content (AvgIpc) is 2.47. The number of para-hydroxylation sites is 2. The number of nitrogens with one attached hydrogen (secondary N) is 1. The van der Waals surface area contributed by atoms with Crippen LogP contribution >= 0.6 is 0 Å². The van der Waals surface area contributed by atoms with Crippen molar-refractivity contribution >= 4 is 23.5 Å². The molecule has 2 aromatic rings. The fourth-order valence-electron chi connectivity index (χ4n) is 1.89. The van der Waals surface area contributed by atoms with Gasteiger partial charge in [0.1, 0.15) is 5.60 Å². The number of nitrogens with zero attached hydrogens (tertiary/aromatic N) is 1. The first-order valence-electron chi connectivity index (χ1n) is 7.31. The van der Waals surface area contributed by atoms with Crippen molar-refractivity contribution in [1.82, 2.24) is 0 Å². The zero-order chi connectivity index (χ0) is 16.9. The van der Waals surface area contributed by atoms with Crippen molar-refractivity contribution in [3.63, 3.8) is 0 Å². The van der Waals surface area contributed by atoms with Gasteiger partial charge in [-0.2, -0.15) is 4.90 Å². The van der Waals surface area contributed by atoms with Gasteiger partial charge >= 0.3 is 12.1 Å². The first-order valence-corrected chi connectivity index (χ1v) is 7.31. The van der Waals surface area contributed by atoms with Crippen molar-refractivity contribution in [2.24, 2.45) is 0 Å². The Morgan fingerprint density at radius 2 is 1.43 bits per heavy atom. The Hall–Kier alpha value is -2.82. The van der Waals surface area contributed by atoms with Crippen LogP contribution < -0.4 is 10.2 Å². The summed E-state index contributed by atoms with van der Waals surface area (Å²) in [6, 6.07) is 17.0. The van der Waals surface area contributed by atoms with Gasteiger partial charge in [-0.1, -0.05) is 36.4 Å². The van der Waals surface area contributed by atoms with Crippen molar-refractivity contribution in [3.8, 4) is 0 Å². The molecular formula is C18H20N2O3. The Balaban J connectivity index is 2.26. The summed E-state index contributed by atoms with van der Waals surface area (Å²) >= 11 is 0. The smallest absolute Gasteiger partial charge is 0.423 e. The summed E-state index contributed by atoms with van der Waals surface area (Å²) in [4.78, 5) is 26.0. The topological polar surface area (TPSA) is 58.6 Å². The third kappa shape index (κ3) is 4.85. The van der Waals surface area contributed by atoms with Gasteiger partial charge in [0.25, 0.3) is 0 Å². The number of imide groups is 1. The van der Waals surface area contributed by atoms with E-state index in [1.807, 2.05) is 12.1 Å². The van der Waals surface area contributed by atoms with Crippen LogP contribution in [0.5, 0.6) is 0 Å². The van der Waals surface area contributed by atoms with E-state index in [-0.39, 0.29) is 0 Å². The van der Waals surface area contributed by atoms with Crippen molar-refractivity contribution in [2.75, 3.05) is 10.2 Å². The second-order valence-electron chi connectivity index (χ2n) is 5.95. The third-order valence-electron chi connectivity index (χ3n) is 2.82. The summed E-state index contributed by atoms with van der Waals surface area (Å²) in [6.45, 7) is 5.26. The second-order valence-corrected chi connectivity index (χ2v) is 5.95. The molecule has 0 aliphatic heterocycles. The van der Waals surface area contributed by atoms with Gasteiger partial charge in [-0.25, -0.2) is 9.59 Å². The summed E-state index contributed by atoms with van der Waals surface area (Å²) in [6.07, 6.45) is -0.725. The lowest BCUT2D eigenvalue weighted by Gasteiger charge is -2.26. The summed E-state index contributed by atoms with van der Waals surface area (Å²) < 4.78 is 5.34. The summed E-state index contributed by atoms with van der Waals surface area (Å²) in [5, 5.41) is 2.69. The highest BCUT2D eigenvalue weighted by atomic mass is 16.6. The molecule has 2 rings (SSSR count). The number of carbonyl (C=O) groups excluding carboxylic acids is 2. The maximum absolute atomic E-state index is 12.6. The van der Waals surface area contributed by atoms with Crippen LogP contribution in [0.2, 0.25) is 0 Å². The fraction of sp³-hybridized carbons (Fsp3) is 0.222. The van der Waals surface area contributed by atoms with E-state index in [1.54, 1.807) is 69.3 Å². The van der Waals surface area contributed by atoms with E-state index in [0.717, 1.165) is 4.90 Å². The lowest BCUT2D eigenvalue weighted by atomic mass is 10.2. The third-order valence-corrected chi connectivity index (χ3v) is 2.82. The minimum atomic E-state index is -0.725. The Morgan fingerprint density at radius 1 is 0.913 bits per heavy atom. The van der Waals surface area contributed by atoms with Crippen LogP contribution in [0.15, 0.2) is 60.7 Å². The molecule has 5 nitrogen and oxygen atoms in total. The van der Waals surface area contributed by atoms with Crippen LogP contribution in [-0.4, -0.2) is 17.7 Å². The van der Waals surface area contributed by atoms with E-state index in [2.05, 4.69) is 5.32 Å². The molecule has 5 heteroatoms. The molecule has 0 aliphatic carbocycles. The zero-order valence-electron chi connectivity index (χ0n) is 13.4. The van der Waals surface area contributed by atoms with Gasteiger partial charge in [0.15, 0.2) is 0 Å². The van der Waals surface area contributed by atoms with Gasteiger partial charge in [-0.05, 0) is 45.0 Å². The van der Waals surface area contributed by atoms with E-state index in [4.69, 9.17) is 4.74 Å². The van der Waals surface area contributed by atoms with Crippen molar-refractivity contribution < 1.29 is 14.3 Å². The predicted octanol–water partition coefficient (Wildman–Crippen LogP) is 4.66. The number of rotatable bonds is 2. The standard InChI is InChI=1S/C18H20N2O3/c1-18(2,3)23-17(22)20(15-12-8-5-9-13-15)16(21)19-14-10-6-4-7-11-14/h4-13H,1-3H3,(H,19,21). The molecule has 2 aromatic carbocycles. The first-order chi connectivity index (χ1) is 10.9. The Kier molecular flexibility index (Phi) is 5.01. The fourth-order valence-corrected chi connectivity index (χ4v) is 1.89. The molecule has 0 spiro atoms. The van der Waals surface area contributed by atoms with Crippen LogP contribution in [0, 0.1) is 0 Å². The molecule has 23 heavy (non-hydrogen) atoms. The van der Waals surface area contributed by atoms with Gasteiger partial charge in [0.2, 0.25) is 0 Å². The molecule has 0 heterocycles. The number of hydrogen-bond donors (Lipinski definition) is 1. The zero-order valence-corrected chi connectivity index (χ0v) is 13.4. The minimum Gasteiger partial charge on any atom is -0.443 e. The van der Waals surface area contributed by atoms with Gasteiger partial charge in [0.05, 0.1) is 5.69 Å². The Labute approximate surface area is 135 Å². The summed E-state index contributed by atoms with van der Waals surface area (Å²) in [5.74, 6) is 0. The number of urea groups is 1.